The first-order valence-electron chi connectivity index (χ1n) is 4.49. The smallest absolute Gasteiger partial charge is 0.340 e. The maximum Gasteiger partial charge on any atom is 0.340 e. The first-order chi connectivity index (χ1) is 6.50. The minimum absolute atomic E-state index is 0.221. The third-order valence-corrected chi connectivity index (χ3v) is 3.86. The number of carbonyl (C=O) groups excluding carboxylic acids is 1. The Bertz CT molecular complexity index is 343. The molecule has 0 aliphatic rings. The molecule has 0 radical (unpaired) electrons. The van der Waals surface area contributed by atoms with E-state index in [1.807, 2.05) is 32.4 Å². The molecule has 78 valence electrons. The summed E-state index contributed by atoms with van der Waals surface area (Å²) in [6.07, 6.45) is 0. The largest absolute Gasteiger partial charge is 0.462 e. The summed E-state index contributed by atoms with van der Waals surface area (Å²) in [6, 6.07) is 0. The first kappa shape index (κ1) is 11.6. The first-order valence-corrected chi connectivity index (χ1v) is 5.57. The van der Waals surface area contributed by atoms with Crippen LogP contribution in [0.25, 0.3) is 0 Å². The average molecular weight is 307 g/mol. The second-order valence-corrected chi connectivity index (χ2v) is 4.18. The van der Waals surface area contributed by atoms with E-state index in [0.717, 1.165) is 15.0 Å². The van der Waals surface area contributed by atoms with Crippen LogP contribution in [0, 0.1) is 17.5 Å². The van der Waals surface area contributed by atoms with Crippen LogP contribution in [0.5, 0.6) is 0 Å². The minimum atomic E-state index is -0.221. The third-order valence-electron chi connectivity index (χ3n) is 2.32. The van der Waals surface area contributed by atoms with Crippen LogP contribution in [-0.4, -0.2) is 17.1 Å². The highest BCUT2D eigenvalue weighted by Crippen LogP contribution is 2.22. The normalized spacial score (nSPS) is 10.4. The van der Waals surface area contributed by atoms with Gasteiger partial charge in [0.05, 0.1) is 15.9 Å². The highest BCUT2D eigenvalue weighted by molar-refractivity contribution is 14.1. The maximum absolute atomic E-state index is 11.6. The molecule has 4 heteroatoms. The summed E-state index contributed by atoms with van der Waals surface area (Å²) < 4.78 is 8.09. The van der Waals surface area contributed by atoms with Crippen molar-refractivity contribution in [2.45, 2.75) is 20.8 Å². The number of halogens is 1. The zero-order valence-corrected chi connectivity index (χ0v) is 11.0. The lowest BCUT2D eigenvalue weighted by Gasteiger charge is -2.02. The molecule has 1 aromatic heterocycles. The van der Waals surface area contributed by atoms with E-state index in [1.165, 1.54) is 0 Å². The number of ether oxygens (including phenoxy) is 1. The summed E-state index contributed by atoms with van der Waals surface area (Å²) in [7, 11) is 1.95. The number of hydrogen-bond donors (Lipinski definition) is 0. The second kappa shape index (κ2) is 4.33. The van der Waals surface area contributed by atoms with E-state index in [2.05, 4.69) is 22.6 Å². The average Bonchev–Trinajstić information content (AvgIpc) is 2.32. The van der Waals surface area contributed by atoms with Gasteiger partial charge in [0.25, 0.3) is 0 Å². The van der Waals surface area contributed by atoms with Crippen LogP contribution in [0.4, 0.5) is 0 Å². The van der Waals surface area contributed by atoms with Gasteiger partial charge >= 0.3 is 5.97 Å². The van der Waals surface area contributed by atoms with Crippen molar-refractivity contribution in [1.82, 2.24) is 4.57 Å². The topological polar surface area (TPSA) is 31.2 Å². The van der Waals surface area contributed by atoms with Crippen molar-refractivity contribution < 1.29 is 9.53 Å². The molecule has 1 aromatic rings. The quantitative estimate of drug-likeness (QED) is 0.621. The van der Waals surface area contributed by atoms with Gasteiger partial charge in [-0.3, -0.25) is 0 Å². The Morgan fingerprint density at radius 2 is 2.07 bits per heavy atom. The molecule has 0 saturated heterocycles. The van der Waals surface area contributed by atoms with Gasteiger partial charge < -0.3 is 9.30 Å². The molecule has 0 unspecified atom stereocenters. The number of hydrogen-bond acceptors (Lipinski definition) is 2. The molecular weight excluding hydrogens is 293 g/mol. The highest BCUT2D eigenvalue weighted by Gasteiger charge is 2.20. The highest BCUT2D eigenvalue weighted by atomic mass is 127. The number of aromatic nitrogens is 1. The summed E-state index contributed by atoms with van der Waals surface area (Å²) in [5, 5.41) is 0. The van der Waals surface area contributed by atoms with Gasteiger partial charge in [-0.25, -0.2) is 4.79 Å². The van der Waals surface area contributed by atoms with Crippen LogP contribution in [0.1, 0.15) is 28.5 Å². The molecule has 0 spiro atoms. The van der Waals surface area contributed by atoms with Crippen LogP contribution in [0.3, 0.4) is 0 Å². The molecule has 1 heterocycles. The number of rotatable bonds is 2. The van der Waals surface area contributed by atoms with Crippen molar-refractivity contribution in [2.24, 2.45) is 7.05 Å². The summed E-state index contributed by atoms with van der Waals surface area (Å²) in [5.41, 5.74) is 2.67. The molecule has 1 rings (SSSR count). The molecule has 0 aliphatic heterocycles. The molecule has 3 nitrogen and oxygen atoms in total. The Labute approximate surface area is 97.6 Å². The zero-order chi connectivity index (χ0) is 10.9. The van der Waals surface area contributed by atoms with Crippen LogP contribution in [-0.2, 0) is 11.8 Å². The predicted molar refractivity (Wildman–Crippen MR) is 63.6 cm³/mol. The van der Waals surface area contributed by atoms with Gasteiger partial charge in [0, 0.05) is 12.7 Å². The van der Waals surface area contributed by atoms with Crippen LogP contribution >= 0.6 is 22.6 Å². The molecule has 0 aromatic carbocycles. The van der Waals surface area contributed by atoms with E-state index in [-0.39, 0.29) is 5.97 Å². The van der Waals surface area contributed by atoms with Crippen molar-refractivity contribution in [2.75, 3.05) is 6.61 Å². The number of esters is 1. The van der Waals surface area contributed by atoms with E-state index in [9.17, 15) is 4.79 Å². The van der Waals surface area contributed by atoms with Gasteiger partial charge in [0.1, 0.15) is 0 Å². The summed E-state index contributed by atoms with van der Waals surface area (Å²) in [4.78, 5) is 11.6. The van der Waals surface area contributed by atoms with Gasteiger partial charge in [-0.1, -0.05) is 0 Å². The Kier molecular flexibility index (Phi) is 3.58. The van der Waals surface area contributed by atoms with Gasteiger partial charge in [0.15, 0.2) is 0 Å². The summed E-state index contributed by atoms with van der Waals surface area (Å²) in [6.45, 7) is 6.11. The molecule has 0 fully saturated rings. The SMILES string of the molecule is CCOC(=O)c1c(C)c(I)n(C)c1C. The van der Waals surface area contributed by atoms with Gasteiger partial charge in [-0.15, -0.1) is 0 Å². The Hall–Kier alpha value is -0.520. The van der Waals surface area contributed by atoms with Crippen molar-refractivity contribution in [3.8, 4) is 0 Å². The molecular formula is C10H14INO2. The molecule has 0 aliphatic carbocycles. The summed E-state index contributed by atoms with van der Waals surface area (Å²) in [5.74, 6) is -0.221. The van der Waals surface area contributed by atoms with E-state index in [4.69, 9.17) is 4.74 Å². The van der Waals surface area contributed by atoms with Gasteiger partial charge in [-0.2, -0.15) is 0 Å². The van der Waals surface area contributed by atoms with Crippen molar-refractivity contribution in [1.29, 1.82) is 0 Å². The Balaban J connectivity index is 3.21. The molecule has 0 N–H and O–H groups in total. The number of carbonyl (C=O) groups is 1. The monoisotopic (exact) mass is 307 g/mol. The van der Waals surface area contributed by atoms with E-state index in [1.54, 1.807) is 0 Å². The van der Waals surface area contributed by atoms with E-state index < -0.39 is 0 Å². The molecule has 0 atom stereocenters. The number of nitrogens with zero attached hydrogens (tertiary/aromatic N) is 1. The lowest BCUT2D eigenvalue weighted by atomic mass is 10.2. The minimum Gasteiger partial charge on any atom is -0.462 e. The van der Waals surface area contributed by atoms with Crippen LogP contribution in [0.2, 0.25) is 0 Å². The fraction of sp³-hybridized carbons (Fsp3) is 0.500. The van der Waals surface area contributed by atoms with Crippen molar-refractivity contribution in [3.63, 3.8) is 0 Å². The standard InChI is InChI=1S/C10H14INO2/c1-5-14-10(13)8-6(2)9(11)12(4)7(8)3/h5H2,1-4H3. The maximum atomic E-state index is 11.6. The Morgan fingerprint density at radius 1 is 1.50 bits per heavy atom. The fourth-order valence-electron chi connectivity index (χ4n) is 1.45. The predicted octanol–water partition coefficient (Wildman–Crippen LogP) is 2.42. The third kappa shape index (κ3) is 1.80. The van der Waals surface area contributed by atoms with E-state index in [0.29, 0.717) is 12.2 Å². The molecule has 0 bridgehead atoms. The van der Waals surface area contributed by atoms with Gasteiger partial charge in [0.2, 0.25) is 0 Å². The summed E-state index contributed by atoms with van der Waals surface area (Å²) >= 11 is 2.23. The van der Waals surface area contributed by atoms with Crippen molar-refractivity contribution >= 4 is 28.6 Å². The Morgan fingerprint density at radius 3 is 2.43 bits per heavy atom. The lowest BCUT2D eigenvalue weighted by molar-refractivity contribution is 0.0524. The molecule has 14 heavy (non-hydrogen) atoms. The van der Waals surface area contributed by atoms with E-state index >= 15 is 0 Å². The fourth-order valence-corrected chi connectivity index (χ4v) is 2.08. The molecule has 0 amide bonds. The van der Waals surface area contributed by atoms with Crippen molar-refractivity contribution in [3.05, 3.63) is 20.5 Å². The molecule has 0 saturated carbocycles. The second-order valence-electron chi connectivity index (χ2n) is 3.16. The zero-order valence-electron chi connectivity index (χ0n) is 8.85. The van der Waals surface area contributed by atoms with Crippen LogP contribution in [0.15, 0.2) is 0 Å². The van der Waals surface area contributed by atoms with Crippen LogP contribution < -0.4 is 0 Å². The van der Waals surface area contributed by atoms with Gasteiger partial charge in [-0.05, 0) is 48.9 Å². The lowest BCUT2D eigenvalue weighted by Crippen LogP contribution is -2.07.